The topological polar surface area (TPSA) is 21.7 Å². The molecule has 0 amide bonds. The molecule has 0 spiro atoms. The van der Waals surface area contributed by atoms with Crippen molar-refractivity contribution in [3.05, 3.63) is 133 Å². The van der Waals surface area contributed by atoms with Crippen LogP contribution in [0, 0.1) is 0 Å². The van der Waals surface area contributed by atoms with E-state index >= 15 is 0 Å². The highest BCUT2D eigenvalue weighted by molar-refractivity contribution is 6.99. The van der Waals surface area contributed by atoms with Gasteiger partial charge in [0.2, 0.25) is 0 Å². The van der Waals surface area contributed by atoms with E-state index in [2.05, 4.69) is 108 Å². The molecule has 0 radical (unpaired) electrons. The minimum Gasteiger partial charge on any atom is -0.458 e. The smallest absolute Gasteiger partial charge is 0.261 e. The monoisotopic (exact) mass is 487 g/mol. The minimum atomic E-state index is 0.0238. The van der Waals surface area contributed by atoms with Crippen molar-refractivity contribution < 1.29 is 9.47 Å². The van der Waals surface area contributed by atoms with Crippen LogP contribution in [0.25, 0.3) is 10.8 Å². The van der Waals surface area contributed by atoms with Gasteiger partial charge in [0.25, 0.3) is 6.71 Å². The Kier molecular flexibility index (Phi) is 4.62. The molecule has 38 heavy (non-hydrogen) atoms. The number of hydrogen-bond acceptors (Lipinski definition) is 3. The summed E-state index contributed by atoms with van der Waals surface area (Å²) in [5.41, 5.74) is 6.68. The highest BCUT2D eigenvalue weighted by Crippen LogP contribution is 2.40. The van der Waals surface area contributed by atoms with Gasteiger partial charge in [-0.25, -0.2) is 0 Å². The van der Waals surface area contributed by atoms with E-state index in [9.17, 15) is 0 Å². The maximum Gasteiger partial charge on any atom is 0.261 e. The third-order valence-corrected chi connectivity index (χ3v) is 7.57. The van der Waals surface area contributed by atoms with Crippen LogP contribution in [-0.2, 0) is 0 Å². The lowest BCUT2D eigenvalue weighted by Crippen LogP contribution is -2.57. The summed E-state index contributed by atoms with van der Waals surface area (Å²) >= 11 is 0. The quantitative estimate of drug-likeness (QED) is 0.250. The number of rotatable bonds is 3. The highest BCUT2D eigenvalue weighted by atomic mass is 16.5. The van der Waals surface area contributed by atoms with Crippen molar-refractivity contribution >= 4 is 50.9 Å². The maximum absolute atomic E-state index is 6.61. The third kappa shape index (κ3) is 3.17. The molecule has 0 unspecified atom stereocenters. The van der Waals surface area contributed by atoms with Gasteiger partial charge in [0, 0.05) is 28.6 Å². The molecule has 6 aromatic carbocycles. The zero-order valence-corrected chi connectivity index (χ0v) is 20.5. The first-order valence-corrected chi connectivity index (χ1v) is 12.9. The number of anilines is 3. The number of hydrogen-bond donors (Lipinski definition) is 0. The van der Waals surface area contributed by atoms with E-state index < -0.39 is 0 Å². The predicted molar refractivity (Wildman–Crippen MR) is 156 cm³/mol. The molecule has 0 atom stereocenters. The minimum absolute atomic E-state index is 0.0238. The lowest BCUT2D eigenvalue weighted by molar-refractivity contribution is 0.465. The molecular weight excluding hydrogens is 465 g/mol. The summed E-state index contributed by atoms with van der Waals surface area (Å²) in [5, 5.41) is 2.42. The standard InChI is InChI=1S/C34H22BNO2/c1-3-11-24(12-4-1)36(25-13-5-2-6-14-25)26-19-20-28-32(22-26)38-30-17-9-16-29-34(30)35(28)33-27-15-8-7-10-23(27)18-21-31(33)37-29/h1-22H. The summed E-state index contributed by atoms with van der Waals surface area (Å²) in [6, 6.07) is 46.4. The van der Waals surface area contributed by atoms with Crippen LogP contribution >= 0.6 is 0 Å². The van der Waals surface area contributed by atoms with Gasteiger partial charge in [-0.15, -0.1) is 0 Å². The summed E-state index contributed by atoms with van der Waals surface area (Å²) in [6.45, 7) is 0.0238. The number of benzene rings is 6. The molecule has 0 fully saturated rings. The van der Waals surface area contributed by atoms with E-state index in [0.717, 1.165) is 51.0 Å². The fraction of sp³-hybridized carbons (Fsp3) is 0. The van der Waals surface area contributed by atoms with Gasteiger partial charge in [-0.3, -0.25) is 0 Å². The van der Waals surface area contributed by atoms with Crippen LogP contribution in [0.3, 0.4) is 0 Å². The van der Waals surface area contributed by atoms with Crippen molar-refractivity contribution in [3.63, 3.8) is 0 Å². The Morgan fingerprint density at radius 1 is 0.447 bits per heavy atom. The van der Waals surface area contributed by atoms with E-state index in [1.54, 1.807) is 0 Å². The van der Waals surface area contributed by atoms with Crippen molar-refractivity contribution in [2.75, 3.05) is 4.90 Å². The molecule has 2 heterocycles. The van der Waals surface area contributed by atoms with Crippen LogP contribution in [0.5, 0.6) is 23.0 Å². The summed E-state index contributed by atoms with van der Waals surface area (Å²) in [6.07, 6.45) is 0. The zero-order chi connectivity index (χ0) is 25.1. The van der Waals surface area contributed by atoms with Gasteiger partial charge in [-0.2, -0.15) is 0 Å². The highest BCUT2D eigenvalue weighted by Gasteiger charge is 2.41. The third-order valence-electron chi connectivity index (χ3n) is 7.57. The van der Waals surface area contributed by atoms with Gasteiger partial charge in [0.05, 0.1) is 0 Å². The van der Waals surface area contributed by atoms with Gasteiger partial charge in [-0.1, -0.05) is 78.9 Å². The molecule has 0 bridgehead atoms. The summed E-state index contributed by atoms with van der Waals surface area (Å²) in [4.78, 5) is 2.27. The van der Waals surface area contributed by atoms with Crippen LogP contribution in [0.4, 0.5) is 17.1 Å². The molecule has 0 saturated carbocycles. The molecule has 3 nitrogen and oxygen atoms in total. The average Bonchev–Trinajstić information content (AvgIpc) is 2.98. The van der Waals surface area contributed by atoms with E-state index in [1.165, 1.54) is 16.2 Å². The van der Waals surface area contributed by atoms with Crippen LogP contribution in [0.1, 0.15) is 0 Å². The molecule has 0 N–H and O–H groups in total. The van der Waals surface area contributed by atoms with E-state index in [0.29, 0.717) is 0 Å². The number of ether oxygens (including phenoxy) is 2. The first-order valence-electron chi connectivity index (χ1n) is 12.9. The number of nitrogens with zero attached hydrogens (tertiary/aromatic N) is 1. The molecule has 178 valence electrons. The van der Waals surface area contributed by atoms with Gasteiger partial charge in [0.15, 0.2) is 0 Å². The summed E-state index contributed by atoms with van der Waals surface area (Å²) in [7, 11) is 0. The molecule has 0 saturated heterocycles. The van der Waals surface area contributed by atoms with Gasteiger partial charge >= 0.3 is 0 Å². The molecule has 0 aromatic heterocycles. The van der Waals surface area contributed by atoms with E-state index in [-0.39, 0.29) is 6.71 Å². The molecule has 0 aliphatic carbocycles. The van der Waals surface area contributed by atoms with Crippen molar-refractivity contribution in [2.45, 2.75) is 0 Å². The van der Waals surface area contributed by atoms with E-state index in [4.69, 9.17) is 9.47 Å². The molecule has 8 rings (SSSR count). The van der Waals surface area contributed by atoms with Crippen LogP contribution in [0.15, 0.2) is 133 Å². The predicted octanol–water partition coefficient (Wildman–Crippen LogP) is 7.04. The Balaban J connectivity index is 1.35. The molecular formula is C34H22BNO2. The Morgan fingerprint density at radius 2 is 1.08 bits per heavy atom. The van der Waals surface area contributed by atoms with Gasteiger partial charge in [0.1, 0.15) is 23.0 Å². The van der Waals surface area contributed by atoms with Crippen LogP contribution in [0.2, 0.25) is 0 Å². The molecule has 6 aromatic rings. The van der Waals surface area contributed by atoms with Gasteiger partial charge in [-0.05, 0) is 70.2 Å². The van der Waals surface area contributed by atoms with Crippen molar-refractivity contribution in [1.82, 2.24) is 0 Å². The Hall–Kier alpha value is -4.96. The number of para-hydroxylation sites is 2. The van der Waals surface area contributed by atoms with E-state index in [1.807, 2.05) is 30.3 Å². The molecule has 2 aliphatic heterocycles. The second kappa shape index (κ2) is 8.29. The maximum atomic E-state index is 6.61. The second-order valence-corrected chi connectivity index (χ2v) is 9.73. The normalized spacial score (nSPS) is 12.6. The van der Waals surface area contributed by atoms with Gasteiger partial charge < -0.3 is 14.4 Å². The van der Waals surface area contributed by atoms with Crippen LogP contribution in [-0.4, -0.2) is 6.71 Å². The van der Waals surface area contributed by atoms with Crippen molar-refractivity contribution in [2.24, 2.45) is 0 Å². The fourth-order valence-corrected chi connectivity index (χ4v) is 5.93. The number of fused-ring (bicyclic) bond motifs is 6. The van der Waals surface area contributed by atoms with Crippen LogP contribution < -0.4 is 30.8 Å². The Morgan fingerprint density at radius 3 is 1.82 bits per heavy atom. The molecule has 4 heteroatoms. The largest absolute Gasteiger partial charge is 0.458 e. The second-order valence-electron chi connectivity index (χ2n) is 9.73. The Bertz CT molecular complexity index is 1800. The lowest BCUT2D eigenvalue weighted by Gasteiger charge is -2.34. The summed E-state index contributed by atoms with van der Waals surface area (Å²) < 4.78 is 13.0. The Labute approximate surface area is 221 Å². The average molecular weight is 487 g/mol. The van der Waals surface area contributed by atoms with Crippen molar-refractivity contribution in [3.8, 4) is 23.0 Å². The van der Waals surface area contributed by atoms with Crippen molar-refractivity contribution in [1.29, 1.82) is 0 Å². The first-order chi connectivity index (χ1) is 18.8. The zero-order valence-electron chi connectivity index (χ0n) is 20.5. The SMILES string of the molecule is c1ccc(N(c2ccccc2)c2ccc3c(c2)Oc2cccc4c2B3c2c(ccc3ccccc23)O4)cc1. The summed E-state index contributed by atoms with van der Waals surface area (Å²) in [5.74, 6) is 3.49. The molecule has 2 aliphatic rings. The lowest BCUT2D eigenvalue weighted by atomic mass is 9.34. The fourth-order valence-electron chi connectivity index (χ4n) is 5.93. The first kappa shape index (κ1) is 21.2.